The minimum Gasteiger partial charge on any atom is -0.456 e. The number of ether oxygens (including phenoxy) is 5. The summed E-state index contributed by atoms with van der Waals surface area (Å²) in [5, 5.41) is 45.6. The zero-order valence-corrected chi connectivity index (χ0v) is 35.4. The number of allylic oxidation sites excluding steroid dienone is 2. The van der Waals surface area contributed by atoms with Gasteiger partial charge in [0.05, 0.1) is 36.6 Å². The third kappa shape index (κ3) is 10.8. The van der Waals surface area contributed by atoms with E-state index in [0.29, 0.717) is 49.7 Å². The van der Waals surface area contributed by atoms with Gasteiger partial charge in [0.25, 0.3) is 11.7 Å². The molecule has 57 heavy (non-hydrogen) atoms. The fourth-order valence-corrected chi connectivity index (χ4v) is 9.31. The Labute approximate surface area is 338 Å². The van der Waals surface area contributed by atoms with Crippen molar-refractivity contribution >= 4 is 23.4 Å². The van der Waals surface area contributed by atoms with Gasteiger partial charge in [-0.25, -0.2) is 4.79 Å². The van der Waals surface area contributed by atoms with Crippen molar-refractivity contribution in [1.82, 2.24) is 4.90 Å². The highest BCUT2D eigenvalue weighted by Crippen LogP contribution is 2.39. The van der Waals surface area contributed by atoms with Crippen molar-refractivity contribution < 1.29 is 63.3 Å². The lowest BCUT2D eigenvalue weighted by Crippen LogP contribution is -2.64. The summed E-state index contributed by atoms with van der Waals surface area (Å²) in [6.07, 6.45) is 0.618. The van der Waals surface area contributed by atoms with E-state index in [0.717, 1.165) is 4.90 Å². The number of methoxy groups -OCH3 is 3. The average Bonchev–Trinajstić information content (AvgIpc) is 3.20. The van der Waals surface area contributed by atoms with E-state index in [-0.39, 0.29) is 50.0 Å². The number of carbonyl (C=O) groups is 4. The number of piperidine rings is 1. The molecule has 0 aromatic heterocycles. The molecule has 1 saturated carbocycles. The largest absolute Gasteiger partial charge is 0.456 e. The molecule has 324 valence electrons. The zero-order chi connectivity index (χ0) is 42.4. The second kappa shape index (κ2) is 20.6. The molecule has 2 bridgehead atoms. The molecule has 14 heteroatoms. The van der Waals surface area contributed by atoms with Crippen LogP contribution >= 0.6 is 0 Å². The van der Waals surface area contributed by atoms with Gasteiger partial charge in [0.1, 0.15) is 24.0 Å². The first kappa shape index (κ1) is 47.1. The monoisotopic (exact) mass is 807 g/mol. The van der Waals surface area contributed by atoms with E-state index in [1.165, 1.54) is 14.2 Å². The van der Waals surface area contributed by atoms with Gasteiger partial charge in [-0.05, 0) is 94.6 Å². The normalized spacial score (nSPS) is 42.4. The first-order valence-electron chi connectivity index (χ1n) is 20.9. The van der Waals surface area contributed by atoms with Crippen LogP contribution in [0.25, 0.3) is 0 Å². The van der Waals surface area contributed by atoms with Crippen LogP contribution in [0.3, 0.4) is 0 Å². The number of nitrogens with zero attached hydrogens (tertiary/aromatic N) is 1. The molecule has 0 aromatic rings. The molecule has 14 nitrogen and oxygen atoms in total. The summed E-state index contributed by atoms with van der Waals surface area (Å²) in [6.45, 7) is 10.6. The molecule has 1 aliphatic carbocycles. The van der Waals surface area contributed by atoms with Crippen LogP contribution in [0.5, 0.6) is 0 Å². The molecule has 3 heterocycles. The summed E-state index contributed by atoms with van der Waals surface area (Å²) in [5.74, 6) is -8.59. The Hall–Kier alpha value is -2.56. The second-order valence-electron chi connectivity index (χ2n) is 17.2. The van der Waals surface area contributed by atoms with Crippen molar-refractivity contribution in [2.45, 2.75) is 166 Å². The Morgan fingerprint density at radius 3 is 2.19 bits per heavy atom. The van der Waals surface area contributed by atoms with Crippen LogP contribution in [-0.4, -0.2) is 137 Å². The maximum atomic E-state index is 14.3. The Bertz CT molecular complexity index is 1470. The molecule has 0 aromatic carbocycles. The van der Waals surface area contributed by atoms with Gasteiger partial charge in [0, 0.05) is 52.0 Å². The highest BCUT2D eigenvalue weighted by Gasteiger charge is 2.56. The van der Waals surface area contributed by atoms with E-state index < -0.39 is 95.9 Å². The van der Waals surface area contributed by atoms with Crippen molar-refractivity contribution in [3.8, 4) is 0 Å². The summed E-state index contributed by atoms with van der Waals surface area (Å²) in [5.41, 5.74) is 1.19. The number of aliphatic hydroxyl groups is 4. The van der Waals surface area contributed by atoms with Gasteiger partial charge in [0.2, 0.25) is 5.79 Å². The smallest absolute Gasteiger partial charge is 0.329 e. The van der Waals surface area contributed by atoms with Crippen molar-refractivity contribution in [2.75, 3.05) is 27.9 Å². The summed E-state index contributed by atoms with van der Waals surface area (Å²) >= 11 is 0. The number of hydrogen-bond donors (Lipinski definition) is 4. The third-order valence-electron chi connectivity index (χ3n) is 13.2. The molecule has 4 rings (SSSR count). The summed E-state index contributed by atoms with van der Waals surface area (Å²) < 4.78 is 29.6. The number of fused-ring (bicyclic) bond motifs is 3. The molecule has 3 aliphatic heterocycles. The molecule has 0 radical (unpaired) electrons. The number of cyclic esters (lactones) is 1. The lowest BCUT2D eigenvalue weighted by molar-refractivity contribution is -0.302. The Kier molecular flexibility index (Phi) is 17.0. The van der Waals surface area contributed by atoms with Gasteiger partial charge in [-0.1, -0.05) is 39.8 Å². The predicted molar refractivity (Wildman–Crippen MR) is 209 cm³/mol. The topological polar surface area (TPSA) is 199 Å². The summed E-state index contributed by atoms with van der Waals surface area (Å²) in [7, 11) is 4.49. The van der Waals surface area contributed by atoms with Gasteiger partial charge in [0.15, 0.2) is 0 Å². The molecule has 1 amide bonds. The van der Waals surface area contributed by atoms with E-state index in [4.69, 9.17) is 23.7 Å². The van der Waals surface area contributed by atoms with Crippen molar-refractivity contribution in [3.63, 3.8) is 0 Å². The van der Waals surface area contributed by atoms with E-state index in [2.05, 4.69) is 0 Å². The average molecular weight is 808 g/mol. The zero-order valence-electron chi connectivity index (χ0n) is 35.4. The van der Waals surface area contributed by atoms with Crippen LogP contribution in [-0.2, 0) is 42.9 Å². The van der Waals surface area contributed by atoms with Crippen molar-refractivity contribution in [3.05, 3.63) is 23.3 Å². The van der Waals surface area contributed by atoms with Gasteiger partial charge >= 0.3 is 5.97 Å². The highest BCUT2D eigenvalue weighted by atomic mass is 16.7. The van der Waals surface area contributed by atoms with Crippen molar-refractivity contribution in [1.29, 1.82) is 0 Å². The van der Waals surface area contributed by atoms with Crippen LogP contribution in [0.2, 0.25) is 0 Å². The van der Waals surface area contributed by atoms with Gasteiger partial charge < -0.3 is 49.0 Å². The number of amides is 1. The van der Waals surface area contributed by atoms with E-state index in [9.17, 15) is 39.6 Å². The summed E-state index contributed by atoms with van der Waals surface area (Å²) in [4.78, 5) is 57.7. The van der Waals surface area contributed by atoms with Gasteiger partial charge in [-0.15, -0.1) is 0 Å². The van der Waals surface area contributed by atoms with Crippen LogP contribution in [0.1, 0.15) is 106 Å². The number of Topliss-reactive ketones (excluding diaryl/α,β-unsaturated/α-hetero) is 2. The lowest BCUT2D eigenvalue weighted by atomic mass is 9.81. The number of esters is 1. The minimum absolute atomic E-state index is 0.0255. The number of ketones is 2. The minimum atomic E-state index is -2.57. The quantitative estimate of drug-likeness (QED) is 0.173. The molecule has 2 saturated heterocycles. The molecule has 0 spiro atoms. The molecule has 4 N–H and O–H groups in total. The predicted octanol–water partition coefficient (Wildman–Crippen LogP) is 3.44. The van der Waals surface area contributed by atoms with Gasteiger partial charge in [-0.3, -0.25) is 14.4 Å². The molecular weight excluding hydrogens is 738 g/mol. The fraction of sp³-hybridized carbons (Fsp3) is 0.814. The number of carbonyl (C=O) groups excluding carboxylic acids is 4. The summed E-state index contributed by atoms with van der Waals surface area (Å²) in [6, 6.07) is -1.16. The molecule has 3 fully saturated rings. The van der Waals surface area contributed by atoms with Crippen molar-refractivity contribution in [2.24, 2.45) is 29.6 Å². The first-order valence-corrected chi connectivity index (χ1v) is 20.9. The van der Waals surface area contributed by atoms with E-state index in [1.54, 1.807) is 40.9 Å². The van der Waals surface area contributed by atoms with Crippen LogP contribution in [0.15, 0.2) is 23.3 Å². The third-order valence-corrected chi connectivity index (χ3v) is 13.2. The SMILES string of the molecule is CCC1/C=C(\C)C(O)C(C)CC(OC)C2OC(O)(C(=O)C(=O)N3CCCCC3C(=O)OC(/C(C)=C/C3CCC(O)C(OC)C3)C(C)C(O)CC1=O)C(C)CC2OC. The number of rotatable bonds is 6. The Morgan fingerprint density at radius 2 is 1.56 bits per heavy atom. The van der Waals surface area contributed by atoms with Crippen LogP contribution in [0.4, 0.5) is 0 Å². The van der Waals surface area contributed by atoms with Crippen LogP contribution in [0, 0.1) is 29.6 Å². The molecule has 4 aliphatic rings. The Balaban J connectivity index is 1.79. The lowest BCUT2D eigenvalue weighted by Gasteiger charge is -2.47. The fourth-order valence-electron chi connectivity index (χ4n) is 9.31. The molecule has 15 unspecified atom stereocenters. The standard InChI is InChI=1S/C43H69NO13/c1-10-29-18-23(2)37(48)24(3)19-35(54-8)39-36(55-9)20-26(5)43(52,57-39)40(49)41(50)44-16-12-11-13-30(44)42(51)56-38(27(6)32(46)22-33(29)47)25(4)17-28-14-15-31(45)34(21-28)53-7/h17-18,24,26-32,34-39,45-46,48,52H,10-16,19-22H2,1-9H3/b23-18+,25-17+. The van der Waals surface area contributed by atoms with E-state index >= 15 is 0 Å². The molecule has 15 atom stereocenters. The first-order chi connectivity index (χ1) is 26.9. The second-order valence-corrected chi connectivity index (χ2v) is 17.2. The maximum absolute atomic E-state index is 14.3. The molecular formula is C43H69NO13. The highest BCUT2D eigenvalue weighted by molar-refractivity contribution is 6.39. The Morgan fingerprint density at radius 1 is 0.912 bits per heavy atom. The number of hydrogen-bond acceptors (Lipinski definition) is 13. The number of aliphatic hydroxyl groups excluding tert-OH is 3. The maximum Gasteiger partial charge on any atom is 0.329 e. The van der Waals surface area contributed by atoms with Crippen LogP contribution < -0.4 is 0 Å². The van der Waals surface area contributed by atoms with E-state index in [1.807, 2.05) is 19.9 Å². The van der Waals surface area contributed by atoms with Gasteiger partial charge in [-0.2, -0.15) is 0 Å².